The van der Waals surface area contributed by atoms with Crippen LogP contribution in [-0.4, -0.2) is 39.3 Å². The Kier molecular flexibility index (Phi) is 4.09. The van der Waals surface area contributed by atoms with Gasteiger partial charge in [-0.2, -0.15) is 15.4 Å². The van der Waals surface area contributed by atoms with Crippen LogP contribution < -0.4 is 10.1 Å². The van der Waals surface area contributed by atoms with Crippen molar-refractivity contribution in [3.05, 3.63) is 42.1 Å². The summed E-state index contributed by atoms with van der Waals surface area (Å²) in [5, 5.41) is 13.0. The second-order valence-electron chi connectivity index (χ2n) is 4.57. The molecule has 0 unspecified atom stereocenters. The van der Waals surface area contributed by atoms with E-state index >= 15 is 0 Å². The summed E-state index contributed by atoms with van der Waals surface area (Å²) in [5.74, 6) is -0.456. The molecular formula is C14H11F2N5O2. The largest absolute Gasteiger partial charge is 0.472 e. The number of carbonyl (C=O) groups is 1. The predicted octanol–water partition coefficient (Wildman–Crippen LogP) is 2.25. The molecule has 118 valence electrons. The number of pyridine rings is 1. The second-order valence-corrected chi connectivity index (χ2v) is 4.57. The van der Waals surface area contributed by atoms with Crippen LogP contribution in [0, 0.1) is 0 Å². The van der Waals surface area contributed by atoms with Crippen molar-refractivity contribution >= 4 is 22.6 Å². The number of rotatable bonds is 5. The lowest BCUT2D eigenvalue weighted by molar-refractivity contribution is 0.0795. The fourth-order valence-corrected chi connectivity index (χ4v) is 1.90. The lowest BCUT2D eigenvalue weighted by Crippen LogP contribution is -2.13. The number of hydrogen-bond donors (Lipinski definition) is 2. The maximum Gasteiger partial charge on any atom is 0.272 e. The first kappa shape index (κ1) is 14.8. The highest BCUT2D eigenvalue weighted by Gasteiger charge is 2.10. The molecule has 2 N–H and O–H groups in total. The molecule has 1 amide bonds. The maximum atomic E-state index is 12.2. The summed E-state index contributed by atoms with van der Waals surface area (Å²) >= 11 is 0. The van der Waals surface area contributed by atoms with Crippen LogP contribution in [0.15, 0.2) is 36.5 Å². The van der Waals surface area contributed by atoms with Crippen LogP contribution in [0.3, 0.4) is 0 Å². The number of ether oxygens (including phenoxy) is 1. The van der Waals surface area contributed by atoms with Crippen LogP contribution in [0.25, 0.3) is 11.0 Å². The second kappa shape index (κ2) is 6.34. The summed E-state index contributed by atoms with van der Waals surface area (Å²) in [7, 11) is 0. The molecule has 0 fully saturated rings. The van der Waals surface area contributed by atoms with Gasteiger partial charge in [0.05, 0.1) is 0 Å². The molecular weight excluding hydrogens is 308 g/mol. The summed E-state index contributed by atoms with van der Waals surface area (Å²) in [6.07, 6.45) is -1.29. The maximum absolute atomic E-state index is 12.2. The number of amides is 1. The minimum atomic E-state index is -2.61. The Labute approximate surface area is 128 Å². The third-order valence-corrected chi connectivity index (χ3v) is 2.93. The zero-order valence-corrected chi connectivity index (χ0v) is 11.7. The summed E-state index contributed by atoms with van der Waals surface area (Å²) in [5.41, 5.74) is 2.06. The fraction of sp³-hybridized carbons (Fsp3) is 0.143. The summed E-state index contributed by atoms with van der Waals surface area (Å²) < 4.78 is 29.0. The smallest absolute Gasteiger partial charge is 0.272 e. The minimum absolute atomic E-state index is 0.0371. The van der Waals surface area contributed by atoms with E-state index in [-0.39, 0.29) is 11.4 Å². The van der Waals surface area contributed by atoms with Gasteiger partial charge in [0.2, 0.25) is 5.88 Å². The summed E-state index contributed by atoms with van der Waals surface area (Å²) in [6, 6.07) is 7.80. The molecule has 0 radical (unpaired) electrons. The van der Waals surface area contributed by atoms with Gasteiger partial charge in [-0.15, -0.1) is 0 Å². The zero-order chi connectivity index (χ0) is 16.2. The number of hydrogen-bond acceptors (Lipinski definition) is 5. The highest BCUT2D eigenvalue weighted by molar-refractivity contribution is 6.05. The van der Waals surface area contributed by atoms with Gasteiger partial charge < -0.3 is 10.1 Å². The van der Waals surface area contributed by atoms with Crippen LogP contribution in [0.2, 0.25) is 0 Å². The van der Waals surface area contributed by atoms with Gasteiger partial charge in [0.1, 0.15) is 11.0 Å². The lowest BCUT2D eigenvalue weighted by Gasteiger charge is -2.07. The number of aromatic nitrogens is 4. The van der Waals surface area contributed by atoms with Crippen molar-refractivity contribution in [2.24, 2.45) is 0 Å². The highest BCUT2D eigenvalue weighted by Crippen LogP contribution is 2.17. The number of fused-ring (bicyclic) bond motifs is 1. The Morgan fingerprint density at radius 1 is 1.22 bits per heavy atom. The number of nitrogens with one attached hydrogen (secondary N) is 2. The number of benzene rings is 1. The zero-order valence-electron chi connectivity index (χ0n) is 11.7. The standard InChI is InChI=1S/C14H11F2N5O2/c15-12(16)7-23-13-5-8(3-4-17-13)14(22)18-9-1-2-10-11(6-9)20-21-19-10/h1-6,12H,7H2,(H,18,22)(H,19,20,21). The molecule has 23 heavy (non-hydrogen) atoms. The van der Waals surface area contributed by atoms with Crippen molar-refractivity contribution in [3.63, 3.8) is 0 Å². The molecule has 0 atom stereocenters. The van der Waals surface area contributed by atoms with Gasteiger partial charge in [-0.05, 0) is 24.3 Å². The van der Waals surface area contributed by atoms with E-state index in [2.05, 4.69) is 25.7 Å². The number of carbonyl (C=O) groups excluding carboxylic acids is 1. The molecule has 9 heteroatoms. The van der Waals surface area contributed by atoms with Gasteiger partial charge in [0.15, 0.2) is 6.61 Å². The number of alkyl halides is 2. The molecule has 0 saturated carbocycles. The molecule has 0 aliphatic rings. The van der Waals surface area contributed by atoms with Crippen LogP contribution in [0.4, 0.5) is 14.5 Å². The third kappa shape index (κ3) is 3.57. The Morgan fingerprint density at radius 2 is 2.04 bits per heavy atom. The first-order chi connectivity index (χ1) is 11.1. The number of H-pyrrole nitrogens is 1. The van der Waals surface area contributed by atoms with E-state index in [1.165, 1.54) is 18.3 Å². The van der Waals surface area contributed by atoms with Gasteiger partial charge in [0, 0.05) is 23.5 Å². The first-order valence-corrected chi connectivity index (χ1v) is 6.61. The van der Waals surface area contributed by atoms with Crippen LogP contribution >= 0.6 is 0 Å². The average Bonchev–Trinajstić information content (AvgIpc) is 3.01. The van der Waals surface area contributed by atoms with E-state index < -0.39 is 18.9 Å². The van der Waals surface area contributed by atoms with E-state index in [1.807, 2.05) is 0 Å². The molecule has 3 aromatic rings. The van der Waals surface area contributed by atoms with Crippen LogP contribution in [0.5, 0.6) is 5.88 Å². The molecule has 3 rings (SSSR count). The number of nitrogens with zero attached hydrogens (tertiary/aromatic N) is 3. The average molecular weight is 319 g/mol. The minimum Gasteiger partial charge on any atom is -0.472 e. The molecule has 2 aromatic heterocycles. The Balaban J connectivity index is 1.73. The van der Waals surface area contributed by atoms with Crippen LogP contribution in [-0.2, 0) is 0 Å². The third-order valence-electron chi connectivity index (χ3n) is 2.93. The lowest BCUT2D eigenvalue weighted by atomic mass is 10.2. The topological polar surface area (TPSA) is 92.8 Å². The SMILES string of the molecule is O=C(Nc1ccc2n[nH]nc2c1)c1ccnc(OCC(F)F)c1. The van der Waals surface area contributed by atoms with Crippen LogP contribution in [0.1, 0.15) is 10.4 Å². The molecule has 0 aliphatic carbocycles. The van der Waals surface area contributed by atoms with Crippen molar-refractivity contribution in [2.45, 2.75) is 6.43 Å². The van der Waals surface area contributed by atoms with Gasteiger partial charge in [-0.1, -0.05) is 0 Å². The summed E-state index contributed by atoms with van der Waals surface area (Å²) in [6.45, 7) is -0.777. The van der Waals surface area contributed by atoms with E-state index in [0.717, 1.165) is 0 Å². The molecule has 0 saturated heterocycles. The normalized spacial score (nSPS) is 10.9. The summed E-state index contributed by atoms with van der Waals surface area (Å²) in [4.78, 5) is 16.0. The molecule has 0 aliphatic heterocycles. The van der Waals surface area contributed by atoms with Gasteiger partial charge >= 0.3 is 0 Å². The quantitative estimate of drug-likeness (QED) is 0.752. The first-order valence-electron chi connectivity index (χ1n) is 6.61. The Hall–Kier alpha value is -3.10. The van der Waals surface area contributed by atoms with E-state index in [4.69, 9.17) is 4.74 Å². The Morgan fingerprint density at radius 3 is 2.87 bits per heavy atom. The van der Waals surface area contributed by atoms with Crippen molar-refractivity contribution in [1.29, 1.82) is 0 Å². The number of halogens is 2. The van der Waals surface area contributed by atoms with Crippen molar-refractivity contribution < 1.29 is 18.3 Å². The van der Waals surface area contributed by atoms with Crippen molar-refractivity contribution in [1.82, 2.24) is 20.4 Å². The molecule has 0 spiro atoms. The van der Waals surface area contributed by atoms with E-state index in [9.17, 15) is 13.6 Å². The predicted molar refractivity (Wildman–Crippen MR) is 77.6 cm³/mol. The molecule has 0 bridgehead atoms. The molecule has 7 nitrogen and oxygen atoms in total. The molecule has 2 heterocycles. The number of aromatic amines is 1. The van der Waals surface area contributed by atoms with E-state index in [1.54, 1.807) is 18.2 Å². The van der Waals surface area contributed by atoms with Crippen molar-refractivity contribution in [3.8, 4) is 5.88 Å². The highest BCUT2D eigenvalue weighted by atomic mass is 19.3. The van der Waals surface area contributed by atoms with Gasteiger partial charge in [-0.3, -0.25) is 4.79 Å². The van der Waals surface area contributed by atoms with Crippen molar-refractivity contribution in [2.75, 3.05) is 11.9 Å². The Bertz CT molecular complexity index is 837. The fourth-order valence-electron chi connectivity index (χ4n) is 1.90. The number of anilines is 1. The monoisotopic (exact) mass is 319 g/mol. The molecule has 1 aromatic carbocycles. The van der Waals surface area contributed by atoms with E-state index in [0.29, 0.717) is 16.7 Å². The van der Waals surface area contributed by atoms with Gasteiger partial charge in [0.25, 0.3) is 12.3 Å². The van der Waals surface area contributed by atoms with Gasteiger partial charge in [-0.25, -0.2) is 13.8 Å².